The normalized spacial score (nSPS) is 18.0. The maximum Gasteiger partial charge on any atom is 0.0541 e. The van der Waals surface area contributed by atoms with Crippen LogP contribution in [0.4, 0.5) is 11.4 Å². The molecule has 7 rings (SSSR count). The molecule has 40 heavy (non-hydrogen) atoms. The molecule has 2 unspecified atom stereocenters. The van der Waals surface area contributed by atoms with Crippen LogP contribution in [0.15, 0.2) is 140 Å². The number of hydrogen-bond acceptors (Lipinski definition) is 1. The van der Waals surface area contributed by atoms with Gasteiger partial charge in [-0.3, -0.25) is 0 Å². The van der Waals surface area contributed by atoms with Gasteiger partial charge in [-0.1, -0.05) is 91.6 Å². The fraction of sp³-hybridized carbons (Fsp3) is 0.105. The van der Waals surface area contributed by atoms with Gasteiger partial charge in [-0.15, -0.1) is 0 Å². The second kappa shape index (κ2) is 10.1. The molecule has 0 bridgehead atoms. The first-order valence-electron chi connectivity index (χ1n) is 14.1. The van der Waals surface area contributed by atoms with Gasteiger partial charge in [0.2, 0.25) is 0 Å². The summed E-state index contributed by atoms with van der Waals surface area (Å²) in [5.74, 6) is 1.14. The Morgan fingerprint density at radius 3 is 2.45 bits per heavy atom. The fourth-order valence-electron chi connectivity index (χ4n) is 6.43. The Balaban J connectivity index is 1.18. The first kappa shape index (κ1) is 24.2. The molecule has 0 saturated carbocycles. The van der Waals surface area contributed by atoms with Gasteiger partial charge in [0.15, 0.2) is 0 Å². The number of benzene rings is 4. The fourth-order valence-corrected chi connectivity index (χ4v) is 6.43. The van der Waals surface area contributed by atoms with E-state index in [1.807, 2.05) is 12.2 Å². The molecular formula is C38H32N2. The van der Waals surface area contributed by atoms with E-state index in [0.717, 1.165) is 23.5 Å². The monoisotopic (exact) mass is 516 g/mol. The quantitative estimate of drug-likeness (QED) is 0.222. The minimum Gasteiger partial charge on any atom is -0.356 e. The van der Waals surface area contributed by atoms with E-state index < -0.39 is 0 Å². The standard InChI is InChI=1S/C38H32N2/c1-3-5-11-32(4-2)40-37-14-9-8-13-35(37)36-25-27(17-22-38(36)40)26-15-18-30(19-16-26)39-31-20-21-34-29(24-31)23-28-10-6-7-12-33(28)34/h3-22,24-25,28,33,39H,1,23H2,2H3/b11-5-,32-4+. The van der Waals surface area contributed by atoms with Crippen LogP contribution in [0.3, 0.4) is 0 Å². The summed E-state index contributed by atoms with van der Waals surface area (Å²) in [6.45, 7) is 5.92. The number of para-hydroxylation sites is 1. The molecule has 1 heterocycles. The molecule has 2 aliphatic carbocycles. The summed E-state index contributed by atoms with van der Waals surface area (Å²) in [6, 6.07) is 31.1. The van der Waals surface area contributed by atoms with E-state index in [1.165, 1.54) is 44.1 Å². The van der Waals surface area contributed by atoms with Gasteiger partial charge in [-0.2, -0.15) is 0 Å². The first-order chi connectivity index (χ1) is 19.7. The summed E-state index contributed by atoms with van der Waals surface area (Å²) in [5.41, 5.74) is 11.1. The topological polar surface area (TPSA) is 17.0 Å². The van der Waals surface area contributed by atoms with Crippen LogP contribution in [0.2, 0.25) is 0 Å². The van der Waals surface area contributed by atoms with Crippen molar-refractivity contribution < 1.29 is 0 Å². The Hall–Kier alpha value is -4.82. The number of aromatic nitrogens is 1. The van der Waals surface area contributed by atoms with Gasteiger partial charge in [-0.25, -0.2) is 0 Å². The van der Waals surface area contributed by atoms with Crippen molar-refractivity contribution in [1.82, 2.24) is 4.57 Å². The summed E-state index contributed by atoms with van der Waals surface area (Å²) in [7, 11) is 0. The molecule has 4 aromatic carbocycles. The molecule has 0 saturated heterocycles. The Morgan fingerprint density at radius 1 is 0.825 bits per heavy atom. The molecule has 2 nitrogen and oxygen atoms in total. The van der Waals surface area contributed by atoms with Gasteiger partial charge >= 0.3 is 0 Å². The molecule has 194 valence electrons. The van der Waals surface area contributed by atoms with Crippen molar-refractivity contribution in [1.29, 1.82) is 0 Å². The van der Waals surface area contributed by atoms with Crippen LogP contribution in [-0.4, -0.2) is 4.57 Å². The smallest absolute Gasteiger partial charge is 0.0541 e. The second-order valence-corrected chi connectivity index (χ2v) is 10.7. The van der Waals surface area contributed by atoms with Crippen molar-refractivity contribution in [3.63, 3.8) is 0 Å². The molecule has 1 aromatic heterocycles. The van der Waals surface area contributed by atoms with Crippen molar-refractivity contribution in [2.45, 2.75) is 19.3 Å². The van der Waals surface area contributed by atoms with Gasteiger partial charge in [0.05, 0.1) is 11.0 Å². The highest BCUT2D eigenvalue weighted by atomic mass is 15.0. The van der Waals surface area contributed by atoms with Gasteiger partial charge in [0, 0.05) is 33.8 Å². The molecule has 0 amide bonds. The summed E-state index contributed by atoms with van der Waals surface area (Å²) >= 11 is 0. The Labute approximate surface area is 236 Å². The molecule has 0 aliphatic heterocycles. The minimum atomic E-state index is 0.535. The van der Waals surface area contributed by atoms with Crippen LogP contribution >= 0.6 is 0 Å². The summed E-state index contributed by atoms with van der Waals surface area (Å²) in [4.78, 5) is 0. The minimum absolute atomic E-state index is 0.535. The lowest BCUT2D eigenvalue weighted by atomic mass is 9.89. The van der Waals surface area contributed by atoms with Crippen LogP contribution in [0, 0.1) is 5.92 Å². The molecule has 5 aromatic rings. The Bertz CT molecular complexity index is 1870. The lowest BCUT2D eigenvalue weighted by Crippen LogP contribution is -2.04. The molecular weight excluding hydrogens is 484 g/mol. The number of fused-ring (bicyclic) bond motifs is 6. The predicted molar refractivity (Wildman–Crippen MR) is 172 cm³/mol. The van der Waals surface area contributed by atoms with Gasteiger partial charge in [-0.05, 0) is 90.1 Å². The SMILES string of the molecule is C=C/C=C\C(=C/C)n1c2ccccc2c2cc(-c3ccc(Nc4ccc5c(c4)CC4C=CC=CC54)cc3)ccc21. The number of hydrogen-bond donors (Lipinski definition) is 1. The van der Waals surface area contributed by atoms with Crippen molar-refractivity contribution >= 4 is 38.9 Å². The van der Waals surface area contributed by atoms with Crippen LogP contribution in [0.5, 0.6) is 0 Å². The van der Waals surface area contributed by atoms with E-state index in [9.17, 15) is 0 Å². The maximum atomic E-state index is 3.84. The van der Waals surface area contributed by atoms with Crippen LogP contribution in [-0.2, 0) is 6.42 Å². The first-order valence-corrected chi connectivity index (χ1v) is 14.1. The van der Waals surface area contributed by atoms with Crippen LogP contribution in [0.25, 0.3) is 38.6 Å². The third-order valence-electron chi connectivity index (χ3n) is 8.34. The molecule has 0 spiro atoms. The third kappa shape index (κ3) is 4.13. The molecule has 2 aliphatic rings. The Kier molecular flexibility index (Phi) is 6.09. The zero-order valence-corrected chi connectivity index (χ0v) is 22.7. The van der Waals surface area contributed by atoms with Crippen LogP contribution in [0.1, 0.15) is 24.0 Å². The van der Waals surface area contributed by atoms with Crippen molar-refractivity contribution in [2.75, 3.05) is 5.32 Å². The molecule has 1 N–H and O–H groups in total. The number of nitrogens with zero attached hydrogens (tertiary/aromatic N) is 1. The van der Waals surface area contributed by atoms with Crippen molar-refractivity contribution in [3.05, 3.63) is 151 Å². The number of allylic oxidation sites excluding steroid dienone is 9. The zero-order chi connectivity index (χ0) is 27.1. The average molecular weight is 517 g/mol. The zero-order valence-electron chi connectivity index (χ0n) is 22.7. The van der Waals surface area contributed by atoms with E-state index in [-0.39, 0.29) is 0 Å². The largest absolute Gasteiger partial charge is 0.356 e. The summed E-state index contributed by atoms with van der Waals surface area (Å²) < 4.78 is 2.33. The predicted octanol–water partition coefficient (Wildman–Crippen LogP) is 10.2. The highest BCUT2D eigenvalue weighted by molar-refractivity contribution is 6.11. The molecule has 2 heteroatoms. The van der Waals surface area contributed by atoms with Gasteiger partial charge in [0.25, 0.3) is 0 Å². The number of rotatable bonds is 6. The maximum absolute atomic E-state index is 3.84. The van der Waals surface area contributed by atoms with E-state index in [2.05, 4.69) is 145 Å². The molecule has 2 atom stereocenters. The highest BCUT2D eigenvalue weighted by Gasteiger charge is 2.30. The molecule has 0 radical (unpaired) electrons. The van der Waals surface area contributed by atoms with E-state index >= 15 is 0 Å². The second-order valence-electron chi connectivity index (χ2n) is 10.7. The van der Waals surface area contributed by atoms with Gasteiger partial charge in [0.1, 0.15) is 0 Å². The average Bonchev–Trinajstić information content (AvgIpc) is 3.53. The van der Waals surface area contributed by atoms with E-state index in [0.29, 0.717) is 11.8 Å². The lowest BCUT2D eigenvalue weighted by Gasteiger charge is -2.15. The molecule has 0 fully saturated rings. The highest BCUT2D eigenvalue weighted by Crippen LogP contribution is 2.42. The van der Waals surface area contributed by atoms with Gasteiger partial charge < -0.3 is 9.88 Å². The Morgan fingerprint density at radius 2 is 1.60 bits per heavy atom. The number of anilines is 2. The van der Waals surface area contributed by atoms with Crippen molar-refractivity contribution in [3.8, 4) is 11.1 Å². The van der Waals surface area contributed by atoms with Crippen LogP contribution < -0.4 is 5.32 Å². The number of nitrogens with one attached hydrogen (secondary N) is 1. The summed E-state index contributed by atoms with van der Waals surface area (Å²) in [5, 5.41) is 6.14. The van der Waals surface area contributed by atoms with E-state index in [4.69, 9.17) is 0 Å². The van der Waals surface area contributed by atoms with E-state index in [1.54, 1.807) is 0 Å². The third-order valence-corrected chi connectivity index (χ3v) is 8.34. The lowest BCUT2D eigenvalue weighted by molar-refractivity contribution is 0.630. The van der Waals surface area contributed by atoms with Crippen molar-refractivity contribution in [2.24, 2.45) is 5.92 Å². The summed E-state index contributed by atoms with van der Waals surface area (Å²) in [6.07, 6.45) is 18.2.